The Morgan fingerprint density at radius 1 is 1.00 bits per heavy atom. The summed E-state index contributed by atoms with van der Waals surface area (Å²) >= 11 is 0. The predicted molar refractivity (Wildman–Crippen MR) is 124 cm³/mol. The highest BCUT2D eigenvalue weighted by atomic mass is 16.5. The fraction of sp³-hybridized carbons (Fsp3) is 0.480. The third-order valence-electron chi connectivity index (χ3n) is 5.94. The number of nitrogens with two attached hydrogens (primary N) is 1. The zero-order valence-corrected chi connectivity index (χ0v) is 19.5. The number of nitrogens with zero attached hydrogens (tertiary/aromatic N) is 1. The van der Waals surface area contributed by atoms with Crippen molar-refractivity contribution in [1.82, 2.24) is 4.90 Å². The first kappa shape index (κ1) is 23.7. The van der Waals surface area contributed by atoms with E-state index in [0.717, 1.165) is 31.4 Å². The number of hydrogen-bond acceptors (Lipinski definition) is 6. The van der Waals surface area contributed by atoms with Crippen LogP contribution in [-0.4, -0.2) is 52.3 Å². The Morgan fingerprint density at radius 3 is 2.19 bits per heavy atom. The minimum atomic E-state index is -0.141. The molecule has 7 heteroatoms. The van der Waals surface area contributed by atoms with E-state index in [1.165, 1.54) is 34.2 Å². The van der Waals surface area contributed by atoms with Gasteiger partial charge in [0.1, 0.15) is 5.75 Å². The zero-order chi connectivity index (χ0) is 23.1. The molecule has 0 radical (unpaired) electrons. The molecule has 0 unspecified atom stereocenters. The summed E-state index contributed by atoms with van der Waals surface area (Å²) in [6.45, 7) is 1.30. The van der Waals surface area contributed by atoms with Crippen molar-refractivity contribution in [2.75, 3.05) is 41.5 Å². The second-order valence-electron chi connectivity index (χ2n) is 8.14. The predicted octanol–water partition coefficient (Wildman–Crippen LogP) is 4.27. The molecular formula is C25H34N2O5. The molecule has 2 aromatic carbocycles. The quantitative estimate of drug-likeness (QED) is 0.592. The molecule has 0 aliphatic heterocycles. The Morgan fingerprint density at radius 2 is 1.62 bits per heavy atom. The van der Waals surface area contributed by atoms with Crippen LogP contribution in [0.3, 0.4) is 0 Å². The molecule has 32 heavy (non-hydrogen) atoms. The first-order valence-electron chi connectivity index (χ1n) is 11.1. The van der Waals surface area contributed by atoms with E-state index < -0.39 is 0 Å². The molecule has 0 aromatic heterocycles. The highest BCUT2D eigenvalue weighted by molar-refractivity contribution is 5.99. The van der Waals surface area contributed by atoms with Gasteiger partial charge in [0, 0.05) is 19.7 Å². The average Bonchev–Trinajstić information content (AvgIpc) is 3.32. The van der Waals surface area contributed by atoms with Gasteiger partial charge in [-0.25, -0.2) is 0 Å². The summed E-state index contributed by atoms with van der Waals surface area (Å²) in [5.41, 5.74) is 7.13. The number of benzene rings is 2. The Balaban J connectivity index is 1.96. The van der Waals surface area contributed by atoms with Crippen LogP contribution in [0.15, 0.2) is 30.3 Å². The first-order valence-corrected chi connectivity index (χ1v) is 11.1. The summed E-state index contributed by atoms with van der Waals surface area (Å²) in [6, 6.07) is 9.35. The molecule has 1 saturated carbocycles. The lowest BCUT2D eigenvalue weighted by molar-refractivity contribution is 0.0768. The van der Waals surface area contributed by atoms with Crippen molar-refractivity contribution in [2.24, 2.45) is 11.7 Å². The lowest BCUT2D eigenvalue weighted by Gasteiger charge is -2.24. The molecular weight excluding hydrogens is 408 g/mol. The van der Waals surface area contributed by atoms with Crippen LogP contribution in [0, 0.1) is 5.92 Å². The molecule has 174 valence electrons. The number of ether oxygens (including phenoxy) is 4. The van der Waals surface area contributed by atoms with Gasteiger partial charge in [0.05, 0.1) is 26.9 Å². The molecule has 1 amide bonds. The SMILES string of the molecule is COc1c(Oc2ccc(CCN)cc2)cc(C(=O)N(C)CC2CCCC2)c(OC)c1OC. The number of methoxy groups -OCH3 is 3. The van der Waals surface area contributed by atoms with Crippen molar-refractivity contribution in [3.8, 4) is 28.7 Å². The second-order valence-corrected chi connectivity index (χ2v) is 8.14. The van der Waals surface area contributed by atoms with Crippen molar-refractivity contribution in [3.05, 3.63) is 41.5 Å². The van der Waals surface area contributed by atoms with Gasteiger partial charge in [-0.05, 0) is 49.4 Å². The molecule has 0 atom stereocenters. The van der Waals surface area contributed by atoms with Crippen molar-refractivity contribution in [2.45, 2.75) is 32.1 Å². The normalized spacial score (nSPS) is 13.7. The van der Waals surface area contributed by atoms with E-state index in [1.807, 2.05) is 31.3 Å². The fourth-order valence-corrected chi connectivity index (χ4v) is 4.30. The second kappa shape index (κ2) is 11.1. The topological polar surface area (TPSA) is 83.3 Å². The van der Waals surface area contributed by atoms with Crippen LogP contribution in [0.4, 0.5) is 0 Å². The molecule has 3 rings (SSSR count). The van der Waals surface area contributed by atoms with Crippen LogP contribution in [0.5, 0.6) is 28.7 Å². The fourth-order valence-electron chi connectivity index (χ4n) is 4.30. The zero-order valence-electron chi connectivity index (χ0n) is 19.5. The maximum Gasteiger partial charge on any atom is 0.257 e. The summed E-state index contributed by atoms with van der Waals surface area (Å²) in [5.74, 6) is 2.42. The summed E-state index contributed by atoms with van der Waals surface area (Å²) in [6.07, 6.45) is 5.58. The average molecular weight is 443 g/mol. The van der Waals surface area contributed by atoms with Crippen LogP contribution >= 0.6 is 0 Å². The van der Waals surface area contributed by atoms with Crippen molar-refractivity contribution < 1.29 is 23.7 Å². The number of carbonyl (C=O) groups excluding carboxylic acids is 1. The Labute approximate surface area is 190 Å². The third kappa shape index (κ3) is 5.27. The minimum absolute atomic E-state index is 0.141. The van der Waals surface area contributed by atoms with E-state index in [4.69, 9.17) is 24.7 Å². The Bertz CT molecular complexity index is 908. The third-order valence-corrected chi connectivity index (χ3v) is 5.94. The largest absolute Gasteiger partial charge is 0.492 e. The van der Waals surface area contributed by atoms with E-state index in [2.05, 4.69) is 0 Å². The van der Waals surface area contributed by atoms with Crippen molar-refractivity contribution in [3.63, 3.8) is 0 Å². The van der Waals surface area contributed by atoms with Gasteiger partial charge in [0.25, 0.3) is 5.91 Å². The van der Waals surface area contributed by atoms with E-state index in [0.29, 0.717) is 46.8 Å². The monoisotopic (exact) mass is 442 g/mol. The lowest BCUT2D eigenvalue weighted by Crippen LogP contribution is -2.31. The van der Waals surface area contributed by atoms with Gasteiger partial charge in [-0.15, -0.1) is 0 Å². The first-order chi connectivity index (χ1) is 15.5. The number of carbonyl (C=O) groups is 1. The molecule has 1 aliphatic rings. The van der Waals surface area contributed by atoms with Gasteiger partial charge in [0.15, 0.2) is 11.5 Å². The van der Waals surface area contributed by atoms with Crippen LogP contribution in [0.1, 0.15) is 41.6 Å². The van der Waals surface area contributed by atoms with E-state index in [9.17, 15) is 4.79 Å². The summed E-state index contributed by atoms with van der Waals surface area (Å²) in [4.78, 5) is 15.1. The number of rotatable bonds is 10. The number of amides is 1. The molecule has 0 spiro atoms. The Hall–Kier alpha value is -2.93. The summed E-state index contributed by atoms with van der Waals surface area (Å²) in [5, 5.41) is 0. The standard InChI is InChI=1S/C25H34N2O5/c1-27(16-18-7-5-6-8-18)25(28)20-15-21(23(30-3)24(31-4)22(20)29-2)32-19-11-9-17(10-12-19)13-14-26/h9-12,15,18H,5-8,13-14,16,26H2,1-4H3. The molecule has 7 nitrogen and oxygen atoms in total. The molecule has 0 heterocycles. The van der Waals surface area contributed by atoms with E-state index in [-0.39, 0.29) is 5.91 Å². The van der Waals surface area contributed by atoms with Gasteiger partial charge in [-0.3, -0.25) is 4.79 Å². The van der Waals surface area contributed by atoms with Crippen molar-refractivity contribution >= 4 is 5.91 Å². The smallest absolute Gasteiger partial charge is 0.257 e. The van der Waals surface area contributed by atoms with Gasteiger partial charge in [-0.1, -0.05) is 25.0 Å². The summed E-state index contributed by atoms with van der Waals surface area (Å²) < 4.78 is 22.8. The van der Waals surface area contributed by atoms with Gasteiger partial charge >= 0.3 is 0 Å². The van der Waals surface area contributed by atoms with E-state index in [1.54, 1.807) is 11.0 Å². The van der Waals surface area contributed by atoms with Gasteiger partial charge in [0.2, 0.25) is 11.5 Å². The van der Waals surface area contributed by atoms with Crippen LogP contribution in [0.2, 0.25) is 0 Å². The number of hydrogen-bond donors (Lipinski definition) is 1. The molecule has 0 bridgehead atoms. The van der Waals surface area contributed by atoms with Gasteiger partial charge < -0.3 is 29.6 Å². The minimum Gasteiger partial charge on any atom is -0.492 e. The highest BCUT2D eigenvalue weighted by Crippen LogP contribution is 2.48. The Kier molecular flexibility index (Phi) is 8.22. The molecule has 1 fully saturated rings. The molecule has 1 aliphatic carbocycles. The maximum atomic E-state index is 13.4. The lowest BCUT2D eigenvalue weighted by atomic mass is 10.1. The maximum absolute atomic E-state index is 13.4. The van der Waals surface area contributed by atoms with Crippen LogP contribution < -0.4 is 24.7 Å². The van der Waals surface area contributed by atoms with E-state index >= 15 is 0 Å². The summed E-state index contributed by atoms with van der Waals surface area (Å²) in [7, 11) is 6.39. The highest BCUT2D eigenvalue weighted by Gasteiger charge is 2.28. The molecule has 2 N–H and O–H groups in total. The molecule has 2 aromatic rings. The van der Waals surface area contributed by atoms with Crippen LogP contribution in [-0.2, 0) is 6.42 Å². The van der Waals surface area contributed by atoms with Crippen molar-refractivity contribution in [1.29, 1.82) is 0 Å². The van der Waals surface area contributed by atoms with Crippen LogP contribution in [0.25, 0.3) is 0 Å². The van der Waals surface area contributed by atoms with Gasteiger partial charge in [-0.2, -0.15) is 0 Å². The molecule has 0 saturated heterocycles.